The van der Waals surface area contributed by atoms with Crippen LogP contribution < -0.4 is 10.0 Å². The molecule has 1 aliphatic heterocycles. The zero-order valence-corrected chi connectivity index (χ0v) is 11.8. The Kier molecular flexibility index (Phi) is 4.69. The third kappa shape index (κ3) is 3.14. The number of hydrogen-bond acceptors (Lipinski definition) is 4. The van der Waals surface area contributed by atoms with Crippen LogP contribution in [0.25, 0.3) is 0 Å². The Morgan fingerprint density at radius 2 is 2.15 bits per heavy atom. The zero-order valence-electron chi connectivity index (χ0n) is 10.9. The van der Waals surface area contributed by atoms with Gasteiger partial charge in [0.1, 0.15) is 10.7 Å². The van der Waals surface area contributed by atoms with E-state index in [9.17, 15) is 17.2 Å². The van der Waals surface area contributed by atoms with E-state index >= 15 is 0 Å². The Bertz CT molecular complexity index is 587. The molecule has 1 aromatic carbocycles. The number of nitrogens with one attached hydrogen (secondary N) is 2. The highest BCUT2D eigenvalue weighted by Crippen LogP contribution is 2.22. The van der Waals surface area contributed by atoms with Crippen molar-refractivity contribution < 1.29 is 21.9 Å². The largest absolute Gasteiger partial charge is 0.380 e. The van der Waals surface area contributed by atoms with E-state index in [2.05, 4.69) is 10.0 Å². The highest BCUT2D eigenvalue weighted by molar-refractivity contribution is 7.89. The van der Waals surface area contributed by atoms with Crippen molar-refractivity contribution in [3.8, 4) is 0 Å². The second-order valence-electron chi connectivity index (χ2n) is 4.55. The van der Waals surface area contributed by atoms with Crippen LogP contribution in [0.15, 0.2) is 17.0 Å². The summed E-state index contributed by atoms with van der Waals surface area (Å²) in [7, 11) is -2.51. The van der Waals surface area contributed by atoms with E-state index < -0.39 is 26.6 Å². The molecule has 112 valence electrons. The van der Waals surface area contributed by atoms with Gasteiger partial charge >= 0.3 is 0 Å². The molecule has 1 aliphatic rings. The van der Waals surface area contributed by atoms with Crippen molar-refractivity contribution in [3.05, 3.63) is 29.3 Å². The maximum atomic E-state index is 14.2. The predicted octanol–water partition coefficient (Wildman–Crippen LogP) is 0.751. The summed E-state index contributed by atoms with van der Waals surface area (Å²) in [5.74, 6) is -1.84. The number of benzene rings is 1. The quantitative estimate of drug-likeness (QED) is 0.842. The molecule has 1 atom stereocenters. The number of rotatable bonds is 5. The summed E-state index contributed by atoms with van der Waals surface area (Å²) in [5.41, 5.74) is -0.293. The molecule has 0 saturated carbocycles. The van der Waals surface area contributed by atoms with Crippen molar-refractivity contribution in [1.82, 2.24) is 10.0 Å². The summed E-state index contributed by atoms with van der Waals surface area (Å²) in [6.45, 7) is 0.628. The molecule has 0 aromatic heterocycles. The van der Waals surface area contributed by atoms with Crippen molar-refractivity contribution in [1.29, 1.82) is 0 Å². The molecule has 0 aliphatic carbocycles. The molecule has 1 heterocycles. The lowest BCUT2D eigenvalue weighted by molar-refractivity contribution is 0.192. The molecule has 8 heteroatoms. The van der Waals surface area contributed by atoms with Crippen LogP contribution in [0.4, 0.5) is 8.78 Å². The second-order valence-corrected chi connectivity index (χ2v) is 6.23. The fraction of sp³-hybridized carbons (Fsp3) is 0.500. The molecule has 1 aromatic rings. The molecular weight excluding hydrogens is 290 g/mol. The van der Waals surface area contributed by atoms with Gasteiger partial charge in [0, 0.05) is 24.8 Å². The third-order valence-electron chi connectivity index (χ3n) is 3.05. The zero-order chi connectivity index (χ0) is 14.8. The summed E-state index contributed by atoms with van der Waals surface area (Å²) in [4.78, 5) is -0.545. The van der Waals surface area contributed by atoms with Crippen LogP contribution in [-0.4, -0.2) is 34.7 Å². The molecule has 2 N–H and O–H groups in total. The van der Waals surface area contributed by atoms with Crippen LogP contribution in [0.1, 0.15) is 12.0 Å². The fourth-order valence-corrected chi connectivity index (χ4v) is 3.39. The Balaban J connectivity index is 2.33. The molecule has 0 radical (unpaired) electrons. The van der Waals surface area contributed by atoms with Crippen LogP contribution in [-0.2, 0) is 21.3 Å². The maximum absolute atomic E-state index is 14.2. The Hall–Kier alpha value is -1.09. The summed E-state index contributed by atoms with van der Waals surface area (Å²) >= 11 is 0. The summed E-state index contributed by atoms with van der Waals surface area (Å²) in [6.07, 6.45) is 0.533. The van der Waals surface area contributed by atoms with Gasteiger partial charge in [-0.3, -0.25) is 0 Å². The number of sulfonamides is 1. The predicted molar refractivity (Wildman–Crippen MR) is 68.7 cm³/mol. The van der Waals surface area contributed by atoms with Gasteiger partial charge in [-0.25, -0.2) is 21.9 Å². The van der Waals surface area contributed by atoms with E-state index in [-0.39, 0.29) is 24.8 Å². The smallest absolute Gasteiger partial charge is 0.243 e. The molecule has 1 fully saturated rings. The molecular formula is C12H16F2N2O3S. The lowest BCUT2D eigenvalue weighted by atomic mass is 10.2. The maximum Gasteiger partial charge on any atom is 0.243 e. The van der Waals surface area contributed by atoms with Gasteiger partial charge < -0.3 is 10.1 Å². The number of halogens is 2. The molecule has 2 rings (SSSR count). The first-order valence-corrected chi connectivity index (χ1v) is 7.65. The number of hydrogen-bond donors (Lipinski definition) is 2. The molecule has 0 bridgehead atoms. The van der Waals surface area contributed by atoms with Gasteiger partial charge in [-0.1, -0.05) is 0 Å². The van der Waals surface area contributed by atoms with E-state index in [1.54, 1.807) is 0 Å². The van der Waals surface area contributed by atoms with Gasteiger partial charge in [0.2, 0.25) is 10.0 Å². The molecule has 1 unspecified atom stereocenters. The van der Waals surface area contributed by atoms with E-state index in [4.69, 9.17) is 4.74 Å². The molecule has 5 nitrogen and oxygen atoms in total. The Morgan fingerprint density at radius 3 is 2.75 bits per heavy atom. The third-order valence-corrected chi connectivity index (χ3v) is 4.58. The van der Waals surface area contributed by atoms with Crippen molar-refractivity contribution in [2.24, 2.45) is 0 Å². The average Bonchev–Trinajstić information content (AvgIpc) is 2.86. The standard InChI is InChI=1S/C12H16F2N2O3S/c1-15-6-9-10(13)2-3-11(12(9)14)20(17,18)16-8-4-5-19-7-8/h2-3,8,15-16H,4-7H2,1H3. The first kappa shape index (κ1) is 15.3. The fourth-order valence-electron chi connectivity index (χ4n) is 2.03. The van der Waals surface area contributed by atoms with Gasteiger partial charge in [0.25, 0.3) is 0 Å². The van der Waals surface area contributed by atoms with Crippen LogP contribution in [0.5, 0.6) is 0 Å². The topological polar surface area (TPSA) is 67.4 Å². The van der Waals surface area contributed by atoms with E-state index in [0.29, 0.717) is 13.0 Å². The normalized spacial score (nSPS) is 19.4. The SMILES string of the molecule is CNCc1c(F)ccc(S(=O)(=O)NC2CCOC2)c1F. The van der Waals surface area contributed by atoms with Gasteiger partial charge in [-0.2, -0.15) is 0 Å². The van der Waals surface area contributed by atoms with Crippen molar-refractivity contribution in [3.63, 3.8) is 0 Å². The molecule has 1 saturated heterocycles. The summed E-state index contributed by atoms with van der Waals surface area (Å²) in [5, 5.41) is 2.60. The minimum atomic E-state index is -4.03. The van der Waals surface area contributed by atoms with Crippen LogP contribution in [0, 0.1) is 11.6 Å². The van der Waals surface area contributed by atoms with Gasteiger partial charge in [-0.05, 0) is 25.6 Å². The summed E-state index contributed by atoms with van der Waals surface area (Å²) in [6, 6.07) is 1.51. The van der Waals surface area contributed by atoms with Crippen LogP contribution >= 0.6 is 0 Å². The van der Waals surface area contributed by atoms with E-state index in [1.165, 1.54) is 7.05 Å². The Labute approximate surface area is 116 Å². The molecule has 0 spiro atoms. The lowest BCUT2D eigenvalue weighted by Gasteiger charge is -2.14. The van der Waals surface area contributed by atoms with E-state index in [0.717, 1.165) is 12.1 Å². The van der Waals surface area contributed by atoms with Crippen LogP contribution in [0.2, 0.25) is 0 Å². The molecule has 0 amide bonds. The first-order chi connectivity index (χ1) is 9.45. The Morgan fingerprint density at radius 1 is 1.40 bits per heavy atom. The number of ether oxygens (including phenoxy) is 1. The monoisotopic (exact) mass is 306 g/mol. The average molecular weight is 306 g/mol. The first-order valence-electron chi connectivity index (χ1n) is 6.17. The van der Waals surface area contributed by atoms with Crippen molar-refractivity contribution in [2.75, 3.05) is 20.3 Å². The van der Waals surface area contributed by atoms with Gasteiger partial charge in [-0.15, -0.1) is 0 Å². The van der Waals surface area contributed by atoms with E-state index in [1.807, 2.05) is 0 Å². The summed E-state index contributed by atoms with van der Waals surface area (Å²) < 4.78 is 59.3. The molecule has 20 heavy (non-hydrogen) atoms. The highest BCUT2D eigenvalue weighted by Gasteiger charge is 2.27. The lowest BCUT2D eigenvalue weighted by Crippen LogP contribution is -2.35. The van der Waals surface area contributed by atoms with Crippen molar-refractivity contribution >= 4 is 10.0 Å². The van der Waals surface area contributed by atoms with Crippen molar-refractivity contribution in [2.45, 2.75) is 23.9 Å². The van der Waals surface area contributed by atoms with Gasteiger partial charge in [0.15, 0.2) is 5.82 Å². The second kappa shape index (κ2) is 6.13. The highest BCUT2D eigenvalue weighted by atomic mass is 32.2. The van der Waals surface area contributed by atoms with Gasteiger partial charge in [0.05, 0.1) is 6.61 Å². The minimum Gasteiger partial charge on any atom is -0.380 e. The minimum absolute atomic E-state index is 0.0897. The van der Waals surface area contributed by atoms with Crippen LogP contribution in [0.3, 0.4) is 0 Å².